The van der Waals surface area contributed by atoms with Crippen LogP contribution in [0.15, 0.2) is 83.3 Å². The van der Waals surface area contributed by atoms with Crippen LogP contribution in [0.5, 0.6) is 0 Å². The maximum atomic E-state index is 14.4. The molecule has 0 aromatic heterocycles. The summed E-state index contributed by atoms with van der Waals surface area (Å²) in [5, 5.41) is 2.95. The molecule has 0 fully saturated rings. The molecule has 10 heteroatoms. The Kier molecular flexibility index (Phi) is 11.3. The molecule has 0 aliphatic rings. The van der Waals surface area contributed by atoms with Gasteiger partial charge < -0.3 is 10.2 Å². The highest BCUT2D eigenvalue weighted by Crippen LogP contribution is 2.23. The molecule has 0 spiro atoms. The normalized spacial score (nSPS) is 12.2. The number of sulfonamides is 1. The minimum atomic E-state index is -3.80. The van der Waals surface area contributed by atoms with E-state index < -0.39 is 21.9 Å². The van der Waals surface area contributed by atoms with Crippen molar-refractivity contribution in [3.05, 3.63) is 100 Å². The lowest BCUT2D eigenvalue weighted by Gasteiger charge is -2.32. The summed E-state index contributed by atoms with van der Waals surface area (Å²) in [6.07, 6.45) is 1.43. The minimum absolute atomic E-state index is 0.0305. The Morgan fingerprint density at radius 2 is 1.55 bits per heavy atom. The van der Waals surface area contributed by atoms with E-state index >= 15 is 0 Å². The topological polar surface area (TPSA) is 86.8 Å². The van der Waals surface area contributed by atoms with Crippen LogP contribution in [0.4, 0.5) is 10.1 Å². The number of hydrogen-bond donors (Lipinski definition) is 1. The van der Waals surface area contributed by atoms with E-state index in [0.717, 1.165) is 26.2 Å². The number of rotatable bonds is 13. The molecular formula is C30H35BrFN3O4S. The van der Waals surface area contributed by atoms with Crippen molar-refractivity contribution in [2.75, 3.05) is 17.1 Å². The average molecular weight is 633 g/mol. The van der Waals surface area contributed by atoms with Crippen molar-refractivity contribution in [3.8, 4) is 0 Å². The number of amides is 2. The number of para-hydroxylation sites is 1. The van der Waals surface area contributed by atoms with E-state index in [2.05, 4.69) is 21.2 Å². The molecule has 3 aromatic carbocycles. The molecule has 214 valence electrons. The fourth-order valence-corrected chi connectivity index (χ4v) is 5.59. The molecule has 0 unspecified atom stereocenters. The third-order valence-electron chi connectivity index (χ3n) is 6.24. The Labute approximate surface area is 244 Å². The summed E-state index contributed by atoms with van der Waals surface area (Å²) in [5.41, 5.74) is 1.68. The highest BCUT2D eigenvalue weighted by atomic mass is 79.9. The SMILES string of the molecule is CC(C)NC(=O)[C@@H](Cc1ccccc1)N(Cc1ccc(Br)cc1)C(=O)CCCN(c1ccccc1F)S(C)(=O)=O. The number of halogens is 2. The summed E-state index contributed by atoms with van der Waals surface area (Å²) in [6.45, 7) is 3.83. The van der Waals surface area contributed by atoms with Crippen molar-refractivity contribution in [2.24, 2.45) is 0 Å². The maximum Gasteiger partial charge on any atom is 0.243 e. The van der Waals surface area contributed by atoms with Crippen molar-refractivity contribution >= 4 is 43.5 Å². The minimum Gasteiger partial charge on any atom is -0.352 e. The smallest absolute Gasteiger partial charge is 0.243 e. The molecule has 0 bridgehead atoms. The van der Waals surface area contributed by atoms with Gasteiger partial charge in [-0.3, -0.25) is 13.9 Å². The van der Waals surface area contributed by atoms with Crippen LogP contribution in [0.3, 0.4) is 0 Å². The van der Waals surface area contributed by atoms with E-state index in [0.29, 0.717) is 6.42 Å². The summed E-state index contributed by atoms with van der Waals surface area (Å²) < 4.78 is 41.2. The van der Waals surface area contributed by atoms with Crippen LogP contribution < -0.4 is 9.62 Å². The van der Waals surface area contributed by atoms with Crippen molar-refractivity contribution in [1.29, 1.82) is 0 Å². The summed E-state index contributed by atoms with van der Waals surface area (Å²) in [5.74, 6) is -1.23. The van der Waals surface area contributed by atoms with Gasteiger partial charge in [0, 0.05) is 36.4 Å². The van der Waals surface area contributed by atoms with Gasteiger partial charge in [0.15, 0.2) is 0 Å². The molecular weight excluding hydrogens is 597 g/mol. The van der Waals surface area contributed by atoms with Crippen LogP contribution in [0, 0.1) is 5.82 Å². The van der Waals surface area contributed by atoms with Crippen molar-refractivity contribution < 1.29 is 22.4 Å². The molecule has 0 radical (unpaired) electrons. The predicted octanol–water partition coefficient (Wildman–Crippen LogP) is 5.30. The number of anilines is 1. The number of hydrogen-bond acceptors (Lipinski definition) is 4. The molecule has 7 nitrogen and oxygen atoms in total. The quantitative estimate of drug-likeness (QED) is 0.277. The molecule has 0 heterocycles. The Balaban J connectivity index is 1.88. The van der Waals surface area contributed by atoms with E-state index in [1.807, 2.05) is 68.4 Å². The fourth-order valence-electron chi connectivity index (χ4n) is 4.36. The van der Waals surface area contributed by atoms with E-state index in [4.69, 9.17) is 0 Å². The van der Waals surface area contributed by atoms with Gasteiger partial charge in [0.1, 0.15) is 11.9 Å². The Morgan fingerprint density at radius 3 is 2.15 bits per heavy atom. The van der Waals surface area contributed by atoms with Crippen molar-refractivity contribution in [1.82, 2.24) is 10.2 Å². The first kappa shape index (κ1) is 31.3. The highest BCUT2D eigenvalue weighted by molar-refractivity contribution is 9.10. The predicted molar refractivity (Wildman–Crippen MR) is 160 cm³/mol. The van der Waals surface area contributed by atoms with Crippen LogP contribution in [0.1, 0.15) is 37.8 Å². The molecule has 0 saturated carbocycles. The van der Waals surface area contributed by atoms with Gasteiger partial charge in [0.05, 0.1) is 11.9 Å². The van der Waals surface area contributed by atoms with Crippen LogP contribution in [-0.4, -0.2) is 50.0 Å². The van der Waals surface area contributed by atoms with Crippen LogP contribution in [0.25, 0.3) is 0 Å². The van der Waals surface area contributed by atoms with Crippen molar-refractivity contribution in [2.45, 2.75) is 51.7 Å². The Bertz CT molecular complexity index is 1390. The van der Waals surface area contributed by atoms with E-state index in [1.165, 1.54) is 18.2 Å². The molecule has 0 aliphatic carbocycles. The lowest BCUT2D eigenvalue weighted by molar-refractivity contribution is -0.141. The van der Waals surface area contributed by atoms with Gasteiger partial charge in [-0.15, -0.1) is 0 Å². The zero-order chi connectivity index (χ0) is 29.3. The Morgan fingerprint density at radius 1 is 0.925 bits per heavy atom. The second kappa shape index (κ2) is 14.4. The third kappa shape index (κ3) is 9.16. The molecule has 0 aliphatic heterocycles. The van der Waals surface area contributed by atoms with E-state index in [-0.39, 0.29) is 49.5 Å². The average Bonchev–Trinajstić information content (AvgIpc) is 2.89. The molecule has 1 N–H and O–H groups in total. The lowest BCUT2D eigenvalue weighted by atomic mass is 10.0. The lowest BCUT2D eigenvalue weighted by Crippen LogP contribution is -2.51. The summed E-state index contributed by atoms with van der Waals surface area (Å²) in [7, 11) is -3.80. The van der Waals surface area contributed by atoms with Gasteiger partial charge in [0.25, 0.3) is 0 Å². The van der Waals surface area contributed by atoms with Crippen molar-refractivity contribution in [3.63, 3.8) is 0 Å². The van der Waals surface area contributed by atoms with E-state index in [1.54, 1.807) is 11.0 Å². The summed E-state index contributed by atoms with van der Waals surface area (Å²) in [6, 6.07) is 21.7. The maximum absolute atomic E-state index is 14.4. The Hall–Kier alpha value is -3.24. The monoisotopic (exact) mass is 631 g/mol. The second-order valence-electron chi connectivity index (χ2n) is 9.91. The van der Waals surface area contributed by atoms with Gasteiger partial charge in [-0.25, -0.2) is 12.8 Å². The number of carbonyl (C=O) groups excluding carboxylic acids is 2. The number of carbonyl (C=O) groups is 2. The first-order valence-electron chi connectivity index (χ1n) is 13.1. The van der Waals surface area contributed by atoms with Crippen LogP contribution in [0.2, 0.25) is 0 Å². The summed E-state index contributed by atoms with van der Waals surface area (Å²) >= 11 is 3.43. The van der Waals surface area contributed by atoms with Gasteiger partial charge in [-0.2, -0.15) is 0 Å². The largest absolute Gasteiger partial charge is 0.352 e. The van der Waals surface area contributed by atoms with Gasteiger partial charge in [-0.05, 0) is 55.7 Å². The number of nitrogens with one attached hydrogen (secondary N) is 1. The molecule has 1 atom stereocenters. The molecule has 3 aromatic rings. The highest BCUT2D eigenvalue weighted by Gasteiger charge is 2.31. The second-order valence-corrected chi connectivity index (χ2v) is 12.7. The number of nitrogens with zero attached hydrogens (tertiary/aromatic N) is 2. The first-order valence-corrected chi connectivity index (χ1v) is 15.7. The summed E-state index contributed by atoms with van der Waals surface area (Å²) in [4.78, 5) is 28.8. The van der Waals surface area contributed by atoms with Crippen LogP contribution in [-0.2, 0) is 32.6 Å². The standard InChI is InChI=1S/C30H35BrFN3O4S/c1-22(2)33-30(37)28(20-23-10-5-4-6-11-23)34(21-24-15-17-25(31)18-16-24)29(36)14-9-19-35(40(3,38)39)27-13-8-7-12-26(27)32/h4-8,10-13,15-18,22,28H,9,14,19-21H2,1-3H3,(H,33,37)/t28-/m1/s1. The fraction of sp³-hybridized carbons (Fsp3) is 0.333. The zero-order valence-corrected chi connectivity index (χ0v) is 25.3. The van der Waals surface area contributed by atoms with E-state index in [9.17, 15) is 22.4 Å². The number of benzene rings is 3. The van der Waals surface area contributed by atoms with Gasteiger partial charge in [-0.1, -0.05) is 70.5 Å². The van der Waals surface area contributed by atoms with Gasteiger partial charge >= 0.3 is 0 Å². The molecule has 2 amide bonds. The molecule has 0 saturated heterocycles. The third-order valence-corrected chi connectivity index (χ3v) is 7.95. The molecule has 3 rings (SSSR count). The first-order chi connectivity index (χ1) is 19.0. The zero-order valence-electron chi connectivity index (χ0n) is 22.9. The molecule has 40 heavy (non-hydrogen) atoms. The van der Waals surface area contributed by atoms with Crippen LogP contribution >= 0.6 is 15.9 Å². The van der Waals surface area contributed by atoms with Gasteiger partial charge in [0.2, 0.25) is 21.8 Å².